The van der Waals surface area contributed by atoms with Gasteiger partial charge < -0.3 is 10.2 Å². The van der Waals surface area contributed by atoms with Gasteiger partial charge in [-0.1, -0.05) is 17.7 Å². The number of hydrogen-bond acceptors (Lipinski definition) is 2. The van der Waals surface area contributed by atoms with Gasteiger partial charge in [0.15, 0.2) is 0 Å². The quantitative estimate of drug-likeness (QED) is 0.861. The van der Waals surface area contributed by atoms with E-state index in [-0.39, 0.29) is 18.3 Å². The zero-order valence-electron chi connectivity index (χ0n) is 10.4. The monoisotopic (exact) mass is 288 g/mol. The van der Waals surface area contributed by atoms with E-state index in [1.807, 2.05) is 30.0 Å². The van der Waals surface area contributed by atoms with Crippen LogP contribution in [0, 0.1) is 6.92 Å². The minimum atomic E-state index is 0. The van der Waals surface area contributed by atoms with E-state index in [4.69, 9.17) is 11.6 Å². The second-order valence-electron chi connectivity index (χ2n) is 4.31. The van der Waals surface area contributed by atoms with Crippen molar-refractivity contribution in [3.05, 3.63) is 34.3 Å². The van der Waals surface area contributed by atoms with Gasteiger partial charge in [-0.25, -0.2) is 0 Å². The molecule has 0 bridgehead atoms. The molecular weight excluding hydrogens is 271 g/mol. The van der Waals surface area contributed by atoms with E-state index in [1.54, 1.807) is 0 Å². The Labute approximate surface area is 119 Å². The van der Waals surface area contributed by atoms with E-state index in [0.717, 1.165) is 43.7 Å². The van der Waals surface area contributed by atoms with E-state index in [1.165, 1.54) is 0 Å². The Morgan fingerprint density at radius 2 is 2.11 bits per heavy atom. The fourth-order valence-electron chi connectivity index (χ4n) is 2.06. The standard InChI is InChI=1S/C13H17ClN2O.ClH/c1-10-11(4-2-5-12(10)14)13(17)16-8-3-6-15-7-9-16;/h2,4-5,15H,3,6-9H2,1H3;1H. The van der Waals surface area contributed by atoms with Crippen LogP contribution in [0.15, 0.2) is 18.2 Å². The third kappa shape index (κ3) is 3.37. The van der Waals surface area contributed by atoms with Crippen molar-refractivity contribution in [2.24, 2.45) is 0 Å². The lowest BCUT2D eigenvalue weighted by Gasteiger charge is -2.21. The van der Waals surface area contributed by atoms with Crippen molar-refractivity contribution >= 4 is 29.9 Å². The second kappa shape index (κ2) is 6.98. The number of rotatable bonds is 1. The van der Waals surface area contributed by atoms with Gasteiger partial charge in [0, 0.05) is 30.2 Å². The summed E-state index contributed by atoms with van der Waals surface area (Å²) in [6.45, 7) is 5.33. The Balaban J connectivity index is 0.00000162. The molecule has 1 aromatic carbocycles. The topological polar surface area (TPSA) is 32.3 Å². The van der Waals surface area contributed by atoms with Crippen molar-refractivity contribution in [1.82, 2.24) is 10.2 Å². The Morgan fingerprint density at radius 3 is 2.89 bits per heavy atom. The van der Waals surface area contributed by atoms with Gasteiger partial charge in [0.2, 0.25) is 0 Å². The molecule has 100 valence electrons. The van der Waals surface area contributed by atoms with Crippen molar-refractivity contribution < 1.29 is 4.79 Å². The molecule has 1 fully saturated rings. The Bertz CT molecular complexity index is 415. The predicted molar refractivity (Wildman–Crippen MR) is 76.8 cm³/mol. The molecule has 2 rings (SSSR count). The lowest BCUT2D eigenvalue weighted by atomic mass is 10.1. The number of carbonyl (C=O) groups excluding carboxylic acids is 1. The maximum Gasteiger partial charge on any atom is 0.254 e. The molecule has 18 heavy (non-hydrogen) atoms. The zero-order valence-corrected chi connectivity index (χ0v) is 12.0. The van der Waals surface area contributed by atoms with Crippen LogP contribution in [-0.4, -0.2) is 37.0 Å². The molecule has 1 aliphatic rings. The van der Waals surface area contributed by atoms with Gasteiger partial charge in [0.05, 0.1) is 0 Å². The highest BCUT2D eigenvalue weighted by Gasteiger charge is 2.19. The maximum atomic E-state index is 12.4. The Kier molecular flexibility index (Phi) is 5.93. The summed E-state index contributed by atoms with van der Waals surface area (Å²) in [6.07, 6.45) is 1.01. The van der Waals surface area contributed by atoms with Crippen molar-refractivity contribution in [3.63, 3.8) is 0 Å². The lowest BCUT2D eigenvalue weighted by molar-refractivity contribution is 0.0765. The number of amides is 1. The van der Waals surface area contributed by atoms with Crippen molar-refractivity contribution in [2.45, 2.75) is 13.3 Å². The molecule has 1 N–H and O–H groups in total. The van der Waals surface area contributed by atoms with E-state index < -0.39 is 0 Å². The van der Waals surface area contributed by atoms with E-state index >= 15 is 0 Å². The van der Waals surface area contributed by atoms with Crippen molar-refractivity contribution in [2.75, 3.05) is 26.2 Å². The zero-order chi connectivity index (χ0) is 12.3. The maximum absolute atomic E-state index is 12.4. The summed E-state index contributed by atoms with van der Waals surface area (Å²) < 4.78 is 0. The first-order chi connectivity index (χ1) is 8.20. The summed E-state index contributed by atoms with van der Waals surface area (Å²) in [6, 6.07) is 5.50. The van der Waals surface area contributed by atoms with Crippen molar-refractivity contribution in [3.8, 4) is 0 Å². The van der Waals surface area contributed by atoms with Gasteiger partial charge >= 0.3 is 0 Å². The Hall–Kier alpha value is -0.770. The van der Waals surface area contributed by atoms with Crippen LogP contribution in [0.25, 0.3) is 0 Å². The molecular formula is C13H18Cl2N2O. The van der Waals surface area contributed by atoms with Crippen LogP contribution in [0.2, 0.25) is 5.02 Å². The molecule has 0 radical (unpaired) electrons. The third-order valence-electron chi connectivity index (χ3n) is 3.13. The van der Waals surface area contributed by atoms with E-state index in [2.05, 4.69) is 5.32 Å². The summed E-state index contributed by atoms with van der Waals surface area (Å²) in [5.41, 5.74) is 1.59. The first-order valence-corrected chi connectivity index (χ1v) is 6.33. The largest absolute Gasteiger partial charge is 0.337 e. The number of carbonyl (C=O) groups is 1. The van der Waals surface area contributed by atoms with Crippen LogP contribution in [0.1, 0.15) is 22.3 Å². The minimum Gasteiger partial charge on any atom is -0.337 e. The van der Waals surface area contributed by atoms with Crippen LogP contribution in [0.4, 0.5) is 0 Å². The second-order valence-corrected chi connectivity index (χ2v) is 4.72. The first-order valence-electron chi connectivity index (χ1n) is 5.95. The summed E-state index contributed by atoms with van der Waals surface area (Å²) in [5, 5.41) is 3.95. The summed E-state index contributed by atoms with van der Waals surface area (Å²) in [5.74, 6) is 0.0914. The number of benzene rings is 1. The molecule has 0 aliphatic carbocycles. The summed E-state index contributed by atoms with van der Waals surface area (Å²) in [4.78, 5) is 14.3. The number of nitrogens with zero attached hydrogens (tertiary/aromatic N) is 1. The first kappa shape index (κ1) is 15.3. The van der Waals surface area contributed by atoms with Gasteiger partial charge in [0.1, 0.15) is 0 Å². The molecule has 1 aromatic rings. The minimum absolute atomic E-state index is 0. The van der Waals surface area contributed by atoms with E-state index in [0.29, 0.717) is 5.02 Å². The molecule has 1 saturated heterocycles. The SMILES string of the molecule is Cc1c(Cl)cccc1C(=O)N1CCCNCC1.Cl. The van der Waals surface area contributed by atoms with Crippen molar-refractivity contribution in [1.29, 1.82) is 0 Å². The van der Waals surface area contributed by atoms with Crippen LogP contribution in [-0.2, 0) is 0 Å². The van der Waals surface area contributed by atoms with Gasteiger partial charge in [-0.3, -0.25) is 4.79 Å². The summed E-state index contributed by atoms with van der Waals surface area (Å²) >= 11 is 6.05. The molecule has 0 unspecified atom stereocenters. The fraction of sp³-hybridized carbons (Fsp3) is 0.462. The molecule has 0 atom stereocenters. The number of nitrogens with one attached hydrogen (secondary N) is 1. The highest BCUT2D eigenvalue weighted by Crippen LogP contribution is 2.20. The normalized spacial score (nSPS) is 15.8. The highest BCUT2D eigenvalue weighted by atomic mass is 35.5. The number of halogens is 2. The predicted octanol–water partition coefficient (Wildman–Crippen LogP) is 2.51. The molecule has 5 heteroatoms. The van der Waals surface area contributed by atoms with Gasteiger partial charge in [-0.05, 0) is 37.6 Å². The highest BCUT2D eigenvalue weighted by molar-refractivity contribution is 6.31. The van der Waals surface area contributed by atoms with Gasteiger partial charge in [-0.15, -0.1) is 12.4 Å². The smallest absolute Gasteiger partial charge is 0.254 e. The Morgan fingerprint density at radius 1 is 1.33 bits per heavy atom. The molecule has 3 nitrogen and oxygen atoms in total. The molecule has 1 aliphatic heterocycles. The molecule has 0 saturated carbocycles. The van der Waals surface area contributed by atoms with E-state index in [9.17, 15) is 4.79 Å². The van der Waals surface area contributed by atoms with Crippen LogP contribution in [0.3, 0.4) is 0 Å². The van der Waals surface area contributed by atoms with Gasteiger partial charge in [0.25, 0.3) is 5.91 Å². The fourth-order valence-corrected chi connectivity index (χ4v) is 2.23. The molecule has 0 aromatic heterocycles. The third-order valence-corrected chi connectivity index (χ3v) is 3.53. The van der Waals surface area contributed by atoms with Crippen LogP contribution >= 0.6 is 24.0 Å². The van der Waals surface area contributed by atoms with Gasteiger partial charge in [-0.2, -0.15) is 0 Å². The average molecular weight is 289 g/mol. The molecule has 0 spiro atoms. The average Bonchev–Trinajstić information content (AvgIpc) is 2.60. The lowest BCUT2D eigenvalue weighted by Crippen LogP contribution is -2.34. The molecule has 1 amide bonds. The van der Waals surface area contributed by atoms with Crippen LogP contribution in [0.5, 0.6) is 0 Å². The number of hydrogen-bond donors (Lipinski definition) is 1. The van der Waals surface area contributed by atoms with Crippen LogP contribution < -0.4 is 5.32 Å². The summed E-state index contributed by atoms with van der Waals surface area (Å²) in [7, 11) is 0. The molecule has 1 heterocycles.